The molecule has 0 radical (unpaired) electrons. The summed E-state index contributed by atoms with van der Waals surface area (Å²) in [5, 5.41) is 3.55. The Morgan fingerprint density at radius 3 is 2.68 bits per heavy atom. The minimum Gasteiger partial charge on any atom is -0.497 e. The van der Waals surface area contributed by atoms with E-state index in [2.05, 4.69) is 5.32 Å². The highest BCUT2D eigenvalue weighted by Crippen LogP contribution is 2.32. The zero-order chi connectivity index (χ0) is 19.7. The number of anilines is 1. The summed E-state index contributed by atoms with van der Waals surface area (Å²) in [6.45, 7) is 2.77. The van der Waals surface area contributed by atoms with Gasteiger partial charge in [-0.15, -0.1) is 0 Å². The van der Waals surface area contributed by atoms with Crippen molar-refractivity contribution in [3.8, 4) is 17.2 Å². The molecule has 0 aliphatic carbocycles. The van der Waals surface area contributed by atoms with Gasteiger partial charge in [-0.3, -0.25) is 4.79 Å². The van der Waals surface area contributed by atoms with Gasteiger partial charge in [0.1, 0.15) is 24.5 Å². The molecule has 1 aliphatic heterocycles. The van der Waals surface area contributed by atoms with Crippen LogP contribution in [0.1, 0.15) is 11.1 Å². The molecule has 1 aromatic heterocycles. The Hall–Kier alpha value is -3.48. The van der Waals surface area contributed by atoms with Crippen LogP contribution in [0, 0.1) is 6.92 Å². The maximum Gasteiger partial charge on any atom is 0.340 e. The first-order chi connectivity index (χ1) is 13.5. The molecule has 4 rings (SSSR count). The first kappa shape index (κ1) is 17.9. The summed E-state index contributed by atoms with van der Waals surface area (Å²) in [4.78, 5) is 24.9. The van der Waals surface area contributed by atoms with E-state index in [1.807, 2.05) is 6.07 Å². The number of aryl methyl sites for hydroxylation is 1. The highest BCUT2D eigenvalue weighted by molar-refractivity contribution is 5.93. The predicted molar refractivity (Wildman–Crippen MR) is 104 cm³/mol. The lowest BCUT2D eigenvalue weighted by atomic mass is 10.0. The number of ether oxygens (including phenoxy) is 3. The van der Waals surface area contributed by atoms with E-state index in [1.54, 1.807) is 44.4 Å². The number of fused-ring (bicyclic) bond motifs is 2. The zero-order valence-corrected chi connectivity index (χ0v) is 15.5. The second-order valence-corrected chi connectivity index (χ2v) is 6.44. The monoisotopic (exact) mass is 381 g/mol. The van der Waals surface area contributed by atoms with E-state index in [0.717, 1.165) is 5.39 Å². The van der Waals surface area contributed by atoms with Crippen LogP contribution in [0.3, 0.4) is 0 Å². The number of hydrogen-bond donors (Lipinski definition) is 1. The van der Waals surface area contributed by atoms with Crippen LogP contribution in [0.4, 0.5) is 5.69 Å². The number of methoxy groups -OCH3 is 1. The molecule has 0 atom stereocenters. The van der Waals surface area contributed by atoms with E-state index < -0.39 is 5.63 Å². The van der Waals surface area contributed by atoms with Crippen LogP contribution >= 0.6 is 0 Å². The maximum atomic E-state index is 12.5. The van der Waals surface area contributed by atoms with Gasteiger partial charge in [-0.05, 0) is 36.8 Å². The Bertz CT molecular complexity index is 1120. The van der Waals surface area contributed by atoms with Gasteiger partial charge in [0.2, 0.25) is 5.91 Å². The molecule has 0 saturated heterocycles. The van der Waals surface area contributed by atoms with Crippen molar-refractivity contribution in [1.82, 2.24) is 0 Å². The van der Waals surface area contributed by atoms with Crippen molar-refractivity contribution >= 4 is 22.6 Å². The minimum atomic E-state index is -0.532. The molecule has 144 valence electrons. The van der Waals surface area contributed by atoms with Crippen molar-refractivity contribution < 1.29 is 23.4 Å². The summed E-state index contributed by atoms with van der Waals surface area (Å²) >= 11 is 0. The second kappa shape index (κ2) is 7.26. The van der Waals surface area contributed by atoms with Crippen LogP contribution in [0.15, 0.2) is 45.6 Å². The van der Waals surface area contributed by atoms with E-state index in [-0.39, 0.29) is 12.3 Å². The first-order valence-corrected chi connectivity index (χ1v) is 8.85. The highest BCUT2D eigenvalue weighted by atomic mass is 16.6. The molecule has 7 nitrogen and oxygen atoms in total. The zero-order valence-electron chi connectivity index (χ0n) is 15.5. The van der Waals surface area contributed by atoms with Gasteiger partial charge in [-0.2, -0.15) is 0 Å². The average molecular weight is 381 g/mol. The van der Waals surface area contributed by atoms with Crippen LogP contribution in [0.5, 0.6) is 17.2 Å². The van der Waals surface area contributed by atoms with Crippen molar-refractivity contribution in [2.24, 2.45) is 0 Å². The summed E-state index contributed by atoms with van der Waals surface area (Å²) in [7, 11) is 1.54. The van der Waals surface area contributed by atoms with Crippen molar-refractivity contribution in [2.75, 3.05) is 25.6 Å². The molecule has 0 bridgehead atoms. The number of hydrogen-bond acceptors (Lipinski definition) is 6. The quantitative estimate of drug-likeness (QED) is 0.699. The molecule has 28 heavy (non-hydrogen) atoms. The Morgan fingerprint density at radius 1 is 1.11 bits per heavy atom. The SMILES string of the molecule is COc1ccc2c(C)c(CC(=O)Nc3ccc4c(c3)OCCO4)c(=O)oc2c1. The Morgan fingerprint density at radius 2 is 1.89 bits per heavy atom. The molecule has 1 aliphatic rings. The number of rotatable bonds is 4. The normalized spacial score (nSPS) is 12.6. The molecule has 7 heteroatoms. The molecule has 0 spiro atoms. The lowest BCUT2D eigenvalue weighted by molar-refractivity contribution is -0.115. The van der Waals surface area contributed by atoms with E-state index in [4.69, 9.17) is 18.6 Å². The predicted octanol–water partition coefficient (Wildman–Crippen LogP) is 3.06. The van der Waals surface area contributed by atoms with Gasteiger partial charge in [0.15, 0.2) is 11.5 Å². The van der Waals surface area contributed by atoms with Gasteiger partial charge in [-0.25, -0.2) is 4.79 Å². The number of nitrogens with one attached hydrogen (secondary N) is 1. The molecular weight excluding hydrogens is 362 g/mol. The maximum absolute atomic E-state index is 12.5. The largest absolute Gasteiger partial charge is 0.497 e. The third kappa shape index (κ3) is 3.38. The minimum absolute atomic E-state index is 0.0927. The van der Waals surface area contributed by atoms with Gasteiger partial charge in [0.25, 0.3) is 0 Å². The number of carbonyl (C=O) groups excluding carboxylic acids is 1. The van der Waals surface area contributed by atoms with Crippen LogP contribution < -0.4 is 25.2 Å². The van der Waals surface area contributed by atoms with Crippen molar-refractivity contribution in [3.63, 3.8) is 0 Å². The highest BCUT2D eigenvalue weighted by Gasteiger charge is 2.17. The molecule has 1 amide bonds. The second-order valence-electron chi connectivity index (χ2n) is 6.44. The fraction of sp³-hybridized carbons (Fsp3) is 0.238. The molecule has 0 unspecified atom stereocenters. The summed E-state index contributed by atoms with van der Waals surface area (Å²) in [6.07, 6.45) is -0.0927. The summed E-state index contributed by atoms with van der Waals surface area (Å²) in [5.41, 5.74) is 1.51. The summed E-state index contributed by atoms with van der Waals surface area (Å²) in [5.74, 6) is 1.50. The van der Waals surface area contributed by atoms with Crippen LogP contribution in [-0.4, -0.2) is 26.2 Å². The average Bonchev–Trinajstić information content (AvgIpc) is 2.70. The van der Waals surface area contributed by atoms with Gasteiger partial charge in [0, 0.05) is 23.2 Å². The third-order valence-corrected chi connectivity index (χ3v) is 4.66. The van der Waals surface area contributed by atoms with Crippen LogP contribution in [0.2, 0.25) is 0 Å². The number of benzene rings is 2. The van der Waals surface area contributed by atoms with Gasteiger partial charge < -0.3 is 23.9 Å². The number of carbonyl (C=O) groups is 1. The summed E-state index contributed by atoms with van der Waals surface area (Å²) in [6, 6.07) is 10.4. The topological polar surface area (TPSA) is 87.0 Å². The summed E-state index contributed by atoms with van der Waals surface area (Å²) < 4.78 is 21.5. The van der Waals surface area contributed by atoms with Gasteiger partial charge in [0.05, 0.1) is 19.1 Å². The van der Waals surface area contributed by atoms with Gasteiger partial charge in [-0.1, -0.05) is 0 Å². The molecule has 3 aromatic rings. The standard InChI is InChI=1S/C21H19NO6/c1-12-15-5-4-14(25-2)10-18(15)28-21(24)16(12)11-20(23)22-13-3-6-17-19(9-13)27-8-7-26-17/h3-6,9-10H,7-8,11H2,1-2H3,(H,22,23). The lowest BCUT2D eigenvalue weighted by Crippen LogP contribution is -2.21. The van der Waals surface area contributed by atoms with Crippen molar-refractivity contribution in [1.29, 1.82) is 0 Å². The Kier molecular flexibility index (Phi) is 4.65. The smallest absolute Gasteiger partial charge is 0.340 e. The van der Waals surface area contributed by atoms with Gasteiger partial charge >= 0.3 is 5.63 Å². The molecular formula is C21H19NO6. The van der Waals surface area contributed by atoms with E-state index in [9.17, 15) is 9.59 Å². The molecule has 0 fully saturated rings. The molecule has 2 heterocycles. The van der Waals surface area contributed by atoms with Crippen LogP contribution in [-0.2, 0) is 11.2 Å². The van der Waals surface area contributed by atoms with Crippen LogP contribution in [0.25, 0.3) is 11.0 Å². The Labute approximate surface area is 160 Å². The Balaban J connectivity index is 1.57. The van der Waals surface area contributed by atoms with E-state index >= 15 is 0 Å². The van der Waals surface area contributed by atoms with Crippen molar-refractivity contribution in [3.05, 3.63) is 57.9 Å². The molecule has 1 N–H and O–H groups in total. The fourth-order valence-electron chi connectivity index (χ4n) is 3.19. The fourth-order valence-corrected chi connectivity index (χ4v) is 3.19. The van der Waals surface area contributed by atoms with E-state index in [0.29, 0.717) is 52.9 Å². The molecule has 2 aromatic carbocycles. The third-order valence-electron chi connectivity index (χ3n) is 4.66. The molecule has 0 saturated carbocycles. The first-order valence-electron chi connectivity index (χ1n) is 8.85. The van der Waals surface area contributed by atoms with Crippen molar-refractivity contribution in [2.45, 2.75) is 13.3 Å². The number of amides is 1. The van der Waals surface area contributed by atoms with E-state index in [1.165, 1.54) is 0 Å². The lowest BCUT2D eigenvalue weighted by Gasteiger charge is -2.19.